The molecule has 0 unspecified atom stereocenters. The maximum atomic E-state index is 8.83. The first-order valence-electron chi connectivity index (χ1n) is 5.33. The number of fused-ring (bicyclic) bond motifs is 1. The van der Waals surface area contributed by atoms with Crippen molar-refractivity contribution in [3.8, 4) is 6.07 Å². The molecular weight excluding hydrogens is 200 g/mol. The van der Waals surface area contributed by atoms with E-state index in [4.69, 9.17) is 5.26 Å². The number of rotatable bonds is 2. The minimum atomic E-state index is 0.294. The molecule has 82 valence electrons. The van der Waals surface area contributed by atoms with Crippen molar-refractivity contribution < 1.29 is 0 Å². The summed E-state index contributed by atoms with van der Waals surface area (Å²) in [4.78, 5) is 8.89. The predicted octanol–water partition coefficient (Wildman–Crippen LogP) is 2.39. The van der Waals surface area contributed by atoms with Crippen LogP contribution in [0.2, 0.25) is 0 Å². The van der Waals surface area contributed by atoms with Gasteiger partial charge in [0.25, 0.3) is 0 Å². The maximum absolute atomic E-state index is 8.83. The van der Waals surface area contributed by atoms with Gasteiger partial charge < -0.3 is 0 Å². The van der Waals surface area contributed by atoms with Gasteiger partial charge in [0.15, 0.2) is 5.65 Å². The maximum Gasteiger partial charge on any atom is 0.160 e. The van der Waals surface area contributed by atoms with Gasteiger partial charge in [-0.15, -0.1) is 0 Å². The van der Waals surface area contributed by atoms with Crippen LogP contribution in [-0.2, 0) is 6.54 Å². The zero-order valence-electron chi connectivity index (χ0n) is 9.73. The molecule has 0 saturated heterocycles. The highest BCUT2D eigenvalue weighted by Crippen LogP contribution is 2.20. The van der Waals surface area contributed by atoms with E-state index in [0.717, 1.165) is 22.6 Å². The minimum Gasteiger partial charge on any atom is -0.298 e. The summed E-state index contributed by atoms with van der Waals surface area (Å²) in [6.45, 7) is 6.44. The number of nitriles is 1. The molecule has 0 aliphatic rings. The van der Waals surface area contributed by atoms with Crippen LogP contribution in [-0.4, -0.2) is 14.5 Å². The van der Waals surface area contributed by atoms with Crippen LogP contribution in [0.1, 0.15) is 31.2 Å². The van der Waals surface area contributed by atoms with Gasteiger partial charge in [-0.1, -0.05) is 13.8 Å². The van der Waals surface area contributed by atoms with E-state index in [0.29, 0.717) is 12.5 Å². The molecule has 4 heteroatoms. The summed E-state index contributed by atoms with van der Waals surface area (Å²) >= 11 is 0. The van der Waals surface area contributed by atoms with Crippen LogP contribution in [0.5, 0.6) is 0 Å². The quantitative estimate of drug-likeness (QED) is 0.771. The first-order chi connectivity index (χ1) is 7.63. The van der Waals surface area contributed by atoms with Crippen molar-refractivity contribution in [2.24, 2.45) is 0 Å². The third-order valence-electron chi connectivity index (χ3n) is 2.50. The van der Waals surface area contributed by atoms with Crippen molar-refractivity contribution in [1.29, 1.82) is 5.26 Å². The Kier molecular flexibility index (Phi) is 2.61. The van der Waals surface area contributed by atoms with Gasteiger partial charge in [-0.2, -0.15) is 5.26 Å². The standard InChI is InChI=1S/C12H14N4/c1-8(2)11-15-10-6-9(3)7-14-12(10)16(11)5-4-13/h6-8H,5H2,1-3H3. The fourth-order valence-electron chi connectivity index (χ4n) is 1.80. The van der Waals surface area contributed by atoms with Gasteiger partial charge in [0.2, 0.25) is 0 Å². The molecule has 0 radical (unpaired) electrons. The molecule has 2 rings (SSSR count). The lowest BCUT2D eigenvalue weighted by Crippen LogP contribution is -2.04. The Morgan fingerprint density at radius 2 is 2.25 bits per heavy atom. The predicted molar refractivity (Wildman–Crippen MR) is 62.0 cm³/mol. The Hall–Kier alpha value is -1.89. The SMILES string of the molecule is Cc1cnc2c(c1)nc(C(C)C)n2CC#N. The normalized spacial score (nSPS) is 10.9. The first-order valence-corrected chi connectivity index (χ1v) is 5.33. The Bertz CT molecular complexity index is 560. The van der Waals surface area contributed by atoms with E-state index >= 15 is 0 Å². The Balaban J connectivity index is 2.71. The van der Waals surface area contributed by atoms with Gasteiger partial charge >= 0.3 is 0 Å². The molecule has 0 aliphatic carbocycles. The van der Waals surface area contributed by atoms with E-state index in [9.17, 15) is 0 Å². The van der Waals surface area contributed by atoms with Crippen molar-refractivity contribution in [1.82, 2.24) is 14.5 Å². The molecule has 16 heavy (non-hydrogen) atoms. The fraction of sp³-hybridized carbons (Fsp3) is 0.417. The fourth-order valence-corrected chi connectivity index (χ4v) is 1.80. The van der Waals surface area contributed by atoms with Gasteiger partial charge in [0.05, 0.1) is 6.07 Å². The molecular formula is C12H14N4. The molecule has 0 spiro atoms. The van der Waals surface area contributed by atoms with Crippen molar-refractivity contribution in [3.63, 3.8) is 0 Å². The average Bonchev–Trinajstić information content (AvgIpc) is 2.57. The van der Waals surface area contributed by atoms with Gasteiger partial charge in [0.1, 0.15) is 17.9 Å². The number of hydrogen-bond donors (Lipinski definition) is 0. The molecule has 0 aromatic carbocycles. The molecule has 0 aliphatic heterocycles. The van der Waals surface area contributed by atoms with Crippen molar-refractivity contribution >= 4 is 11.2 Å². The number of pyridine rings is 1. The Labute approximate surface area is 94.6 Å². The second-order valence-electron chi connectivity index (χ2n) is 4.22. The smallest absolute Gasteiger partial charge is 0.160 e. The van der Waals surface area contributed by atoms with Crippen molar-refractivity contribution in [2.45, 2.75) is 33.2 Å². The average molecular weight is 214 g/mol. The van der Waals surface area contributed by atoms with Crippen LogP contribution >= 0.6 is 0 Å². The van der Waals surface area contributed by atoms with Gasteiger partial charge in [-0.3, -0.25) is 4.57 Å². The van der Waals surface area contributed by atoms with Gasteiger partial charge in [0, 0.05) is 12.1 Å². The van der Waals surface area contributed by atoms with E-state index in [1.807, 2.05) is 23.8 Å². The van der Waals surface area contributed by atoms with Crippen LogP contribution in [0.25, 0.3) is 11.2 Å². The highest BCUT2D eigenvalue weighted by Gasteiger charge is 2.14. The summed E-state index contributed by atoms with van der Waals surface area (Å²) < 4.78 is 1.89. The Morgan fingerprint density at radius 3 is 2.88 bits per heavy atom. The van der Waals surface area contributed by atoms with Gasteiger partial charge in [-0.05, 0) is 18.6 Å². The van der Waals surface area contributed by atoms with Crippen LogP contribution in [0.15, 0.2) is 12.3 Å². The third-order valence-corrected chi connectivity index (χ3v) is 2.50. The lowest BCUT2D eigenvalue weighted by atomic mass is 10.2. The van der Waals surface area contributed by atoms with E-state index < -0.39 is 0 Å². The molecule has 0 saturated carbocycles. The molecule has 0 amide bonds. The number of nitrogens with zero attached hydrogens (tertiary/aromatic N) is 4. The number of imidazole rings is 1. The topological polar surface area (TPSA) is 54.5 Å². The summed E-state index contributed by atoms with van der Waals surface area (Å²) in [5.41, 5.74) is 2.76. The second-order valence-corrected chi connectivity index (χ2v) is 4.22. The molecule has 0 atom stereocenters. The number of aryl methyl sites for hydroxylation is 1. The van der Waals surface area contributed by atoms with Crippen LogP contribution in [0, 0.1) is 18.3 Å². The minimum absolute atomic E-state index is 0.294. The largest absolute Gasteiger partial charge is 0.298 e. The van der Waals surface area contributed by atoms with E-state index in [1.54, 1.807) is 0 Å². The van der Waals surface area contributed by atoms with Crippen molar-refractivity contribution in [3.05, 3.63) is 23.7 Å². The highest BCUT2D eigenvalue weighted by atomic mass is 15.1. The lowest BCUT2D eigenvalue weighted by Gasteiger charge is -2.06. The molecule has 2 heterocycles. The summed E-state index contributed by atoms with van der Waals surface area (Å²) in [6, 6.07) is 4.16. The molecule has 2 aromatic heterocycles. The van der Waals surface area contributed by atoms with E-state index in [2.05, 4.69) is 29.9 Å². The lowest BCUT2D eigenvalue weighted by molar-refractivity contribution is 0.692. The summed E-state index contributed by atoms with van der Waals surface area (Å²) in [7, 11) is 0. The zero-order valence-corrected chi connectivity index (χ0v) is 9.73. The zero-order chi connectivity index (χ0) is 11.7. The van der Waals surface area contributed by atoms with Crippen molar-refractivity contribution in [2.75, 3.05) is 0 Å². The molecule has 0 N–H and O–H groups in total. The van der Waals surface area contributed by atoms with E-state index in [-0.39, 0.29) is 0 Å². The van der Waals surface area contributed by atoms with Crippen LogP contribution in [0.3, 0.4) is 0 Å². The monoisotopic (exact) mass is 214 g/mol. The highest BCUT2D eigenvalue weighted by molar-refractivity contribution is 5.72. The first kappa shape index (κ1) is 10.6. The summed E-state index contributed by atoms with van der Waals surface area (Å²) in [5.74, 6) is 1.22. The molecule has 2 aromatic rings. The Morgan fingerprint density at radius 1 is 1.50 bits per heavy atom. The number of aromatic nitrogens is 3. The van der Waals surface area contributed by atoms with Crippen LogP contribution in [0.4, 0.5) is 0 Å². The molecule has 4 nitrogen and oxygen atoms in total. The third kappa shape index (κ3) is 1.65. The molecule has 0 bridgehead atoms. The second kappa shape index (κ2) is 3.93. The summed E-state index contributed by atoms with van der Waals surface area (Å²) in [6.07, 6.45) is 1.81. The molecule has 0 fully saturated rings. The summed E-state index contributed by atoms with van der Waals surface area (Å²) in [5, 5.41) is 8.83. The number of hydrogen-bond acceptors (Lipinski definition) is 3. The van der Waals surface area contributed by atoms with Gasteiger partial charge in [-0.25, -0.2) is 9.97 Å². The van der Waals surface area contributed by atoms with E-state index in [1.165, 1.54) is 0 Å². The van der Waals surface area contributed by atoms with Crippen LogP contribution < -0.4 is 0 Å².